The van der Waals surface area contributed by atoms with E-state index in [0.717, 1.165) is 19.3 Å². The van der Waals surface area contributed by atoms with Gasteiger partial charge in [-0.15, -0.1) is 0 Å². The Bertz CT molecular complexity index is 744. The van der Waals surface area contributed by atoms with Crippen LogP contribution >= 0.6 is 0 Å². The third kappa shape index (κ3) is 11.1. The molecule has 2 saturated heterocycles. The number of carboxylic acid groups (broad SMARTS) is 1. The predicted molar refractivity (Wildman–Crippen MR) is 128 cm³/mol. The summed E-state index contributed by atoms with van der Waals surface area (Å²) >= 11 is 0. The van der Waals surface area contributed by atoms with E-state index in [9.17, 15) is 19.2 Å². The molecule has 0 radical (unpaired) electrons. The van der Waals surface area contributed by atoms with Gasteiger partial charge < -0.3 is 24.4 Å². The third-order valence-corrected chi connectivity index (χ3v) is 5.43. The quantitative estimate of drug-likeness (QED) is 0.584. The Morgan fingerprint density at radius 2 is 1.20 bits per heavy atom. The zero-order valence-electron chi connectivity index (χ0n) is 22.5. The van der Waals surface area contributed by atoms with E-state index in [1.165, 1.54) is 17.1 Å². The number of likely N-dealkylation sites (tertiary alicyclic amines) is 2. The van der Waals surface area contributed by atoms with Gasteiger partial charge in [-0.1, -0.05) is 0 Å². The minimum Gasteiger partial charge on any atom is -0.481 e. The smallest absolute Gasteiger partial charge is 0.410 e. The molecule has 2 aliphatic heterocycles. The monoisotopic (exact) mass is 501 g/mol. The molecule has 2 rings (SSSR count). The molecule has 0 spiro atoms. The molecule has 35 heavy (non-hydrogen) atoms. The van der Waals surface area contributed by atoms with E-state index < -0.39 is 29.2 Å². The number of nitrogens with zero attached hydrogens (tertiary/aromatic N) is 3. The van der Waals surface area contributed by atoms with E-state index in [0.29, 0.717) is 26.1 Å². The number of aliphatic carboxylic acids is 1. The molecule has 2 fully saturated rings. The van der Waals surface area contributed by atoms with Crippen molar-refractivity contribution in [1.82, 2.24) is 14.9 Å². The van der Waals surface area contributed by atoms with Crippen molar-refractivity contribution in [2.45, 2.75) is 78.4 Å². The maximum absolute atomic E-state index is 12.0. The Labute approximate surface area is 208 Å². The summed E-state index contributed by atoms with van der Waals surface area (Å²) in [6.07, 6.45) is 2.15. The van der Waals surface area contributed by atoms with Crippen molar-refractivity contribution in [3.63, 3.8) is 0 Å². The van der Waals surface area contributed by atoms with Crippen LogP contribution in [0, 0.1) is 11.8 Å². The van der Waals surface area contributed by atoms with Gasteiger partial charge in [-0.2, -0.15) is 0 Å². The first-order chi connectivity index (χ1) is 16.0. The van der Waals surface area contributed by atoms with Crippen LogP contribution in [0.4, 0.5) is 9.59 Å². The Kier molecular flexibility index (Phi) is 11.3. The lowest BCUT2D eigenvalue weighted by atomic mass is 9.97. The molecule has 0 aromatic rings. The fourth-order valence-electron chi connectivity index (χ4n) is 3.69. The molecule has 2 aliphatic rings. The molecule has 202 valence electrons. The first-order valence-corrected chi connectivity index (χ1v) is 12.0. The van der Waals surface area contributed by atoms with E-state index in [1.807, 2.05) is 20.8 Å². The number of amides is 3. The third-order valence-electron chi connectivity index (χ3n) is 5.43. The standard InChI is InChI=1S/C13H24N2O4.C11H19NO4/c1-13(2,3)19-12(17)15-8-6-7-10(9-15)11(16)14(4)18-5;1-11(2,3)16-10(15)12-6-4-5-8(7-12)9(13)14/h10H,6-9H2,1-5H3;8H,4-7H2,1-3H3,(H,13,14)/t10-;8-/m11/s1. The van der Waals surface area contributed by atoms with Crippen LogP contribution in [-0.4, -0.2) is 95.6 Å². The summed E-state index contributed by atoms with van der Waals surface area (Å²) in [6.45, 7) is 12.7. The van der Waals surface area contributed by atoms with Crippen LogP contribution in [0.25, 0.3) is 0 Å². The molecule has 0 bridgehead atoms. The number of carbonyl (C=O) groups is 4. The average molecular weight is 502 g/mol. The van der Waals surface area contributed by atoms with Crippen molar-refractivity contribution in [2.24, 2.45) is 11.8 Å². The summed E-state index contributed by atoms with van der Waals surface area (Å²) < 4.78 is 10.5. The van der Waals surface area contributed by atoms with Crippen molar-refractivity contribution < 1.29 is 38.6 Å². The van der Waals surface area contributed by atoms with Gasteiger partial charge in [0.2, 0.25) is 0 Å². The molecular weight excluding hydrogens is 458 g/mol. The van der Waals surface area contributed by atoms with Gasteiger partial charge in [0.15, 0.2) is 0 Å². The van der Waals surface area contributed by atoms with Crippen LogP contribution in [0.1, 0.15) is 67.2 Å². The molecule has 2 atom stereocenters. The van der Waals surface area contributed by atoms with E-state index in [2.05, 4.69) is 0 Å². The molecule has 11 heteroatoms. The van der Waals surface area contributed by atoms with Gasteiger partial charge >= 0.3 is 18.2 Å². The lowest BCUT2D eigenvalue weighted by Gasteiger charge is -2.34. The number of ether oxygens (including phenoxy) is 2. The highest BCUT2D eigenvalue weighted by Crippen LogP contribution is 2.21. The minimum absolute atomic E-state index is 0.101. The molecule has 2 heterocycles. The highest BCUT2D eigenvalue weighted by molar-refractivity contribution is 5.79. The number of piperidine rings is 2. The Morgan fingerprint density at radius 1 is 0.800 bits per heavy atom. The first kappa shape index (κ1) is 30.5. The number of carbonyl (C=O) groups excluding carboxylic acids is 3. The molecule has 0 unspecified atom stereocenters. The maximum Gasteiger partial charge on any atom is 0.410 e. The van der Waals surface area contributed by atoms with Crippen LogP contribution in [0.3, 0.4) is 0 Å². The molecule has 11 nitrogen and oxygen atoms in total. The van der Waals surface area contributed by atoms with Crippen LogP contribution in [0.2, 0.25) is 0 Å². The van der Waals surface area contributed by atoms with Crippen molar-refractivity contribution in [3.8, 4) is 0 Å². The van der Waals surface area contributed by atoms with Gasteiger partial charge in [0.25, 0.3) is 5.91 Å². The minimum atomic E-state index is -0.840. The summed E-state index contributed by atoms with van der Waals surface area (Å²) in [5, 5.41) is 10.1. The number of hydrogen-bond donors (Lipinski definition) is 1. The summed E-state index contributed by atoms with van der Waals surface area (Å²) in [5.74, 6) is -1.61. The normalized spacial score (nSPS) is 20.8. The molecule has 0 aromatic heterocycles. The van der Waals surface area contributed by atoms with Gasteiger partial charge in [0.1, 0.15) is 11.2 Å². The summed E-state index contributed by atoms with van der Waals surface area (Å²) in [6, 6.07) is 0. The molecular formula is C24H43N3O8. The van der Waals surface area contributed by atoms with Crippen molar-refractivity contribution in [1.29, 1.82) is 0 Å². The zero-order chi connectivity index (χ0) is 27.0. The highest BCUT2D eigenvalue weighted by atomic mass is 16.7. The predicted octanol–water partition coefficient (Wildman–Crippen LogP) is 3.37. The highest BCUT2D eigenvalue weighted by Gasteiger charge is 2.33. The van der Waals surface area contributed by atoms with Crippen LogP contribution in [-0.2, 0) is 23.9 Å². The van der Waals surface area contributed by atoms with Gasteiger partial charge in [-0.25, -0.2) is 14.7 Å². The van der Waals surface area contributed by atoms with Gasteiger partial charge in [-0.3, -0.25) is 14.4 Å². The first-order valence-electron chi connectivity index (χ1n) is 12.0. The van der Waals surface area contributed by atoms with Crippen LogP contribution in [0.5, 0.6) is 0 Å². The average Bonchev–Trinajstić information content (AvgIpc) is 2.76. The van der Waals surface area contributed by atoms with Crippen molar-refractivity contribution in [3.05, 3.63) is 0 Å². The summed E-state index contributed by atoms with van der Waals surface area (Å²) in [7, 11) is 3.03. The van der Waals surface area contributed by atoms with Gasteiger partial charge in [-0.05, 0) is 67.2 Å². The van der Waals surface area contributed by atoms with Gasteiger partial charge in [0, 0.05) is 33.2 Å². The second kappa shape index (κ2) is 12.9. The fraction of sp³-hybridized carbons (Fsp3) is 0.833. The SMILES string of the molecule is CC(C)(C)OC(=O)N1CCC[C@@H](C(=O)O)C1.CON(C)C(=O)[C@@H]1CCCN(C(=O)OC(C)(C)C)C1. The molecule has 1 N–H and O–H groups in total. The topological polar surface area (TPSA) is 126 Å². The van der Waals surface area contributed by atoms with E-state index >= 15 is 0 Å². The Balaban J connectivity index is 0.000000355. The van der Waals surface area contributed by atoms with Crippen LogP contribution < -0.4 is 0 Å². The number of rotatable bonds is 3. The van der Waals surface area contributed by atoms with Crippen molar-refractivity contribution in [2.75, 3.05) is 40.3 Å². The number of carboxylic acids is 1. The zero-order valence-corrected chi connectivity index (χ0v) is 22.5. The molecule has 0 saturated carbocycles. The molecule has 0 aliphatic carbocycles. The maximum atomic E-state index is 12.0. The summed E-state index contributed by atoms with van der Waals surface area (Å²) in [4.78, 5) is 54.5. The Morgan fingerprint density at radius 3 is 1.57 bits per heavy atom. The molecule has 0 aromatic carbocycles. The summed E-state index contributed by atoms with van der Waals surface area (Å²) in [5.41, 5.74) is -1.05. The van der Waals surface area contributed by atoms with Crippen molar-refractivity contribution >= 4 is 24.1 Å². The van der Waals surface area contributed by atoms with Gasteiger partial charge in [0.05, 0.1) is 18.9 Å². The lowest BCUT2D eigenvalue weighted by molar-refractivity contribution is -0.174. The second-order valence-corrected chi connectivity index (χ2v) is 10.9. The van der Waals surface area contributed by atoms with E-state index in [1.54, 1.807) is 32.7 Å². The number of hydrogen-bond acceptors (Lipinski definition) is 7. The number of hydroxylamine groups is 2. The lowest BCUT2D eigenvalue weighted by Crippen LogP contribution is -2.47. The van der Waals surface area contributed by atoms with Crippen LogP contribution in [0.15, 0.2) is 0 Å². The largest absolute Gasteiger partial charge is 0.481 e. The van der Waals surface area contributed by atoms with E-state index in [4.69, 9.17) is 19.4 Å². The van der Waals surface area contributed by atoms with E-state index in [-0.39, 0.29) is 24.5 Å². The fourth-order valence-corrected chi connectivity index (χ4v) is 3.69. The Hall–Kier alpha value is -2.56. The molecule has 3 amide bonds. The second-order valence-electron chi connectivity index (χ2n) is 10.9.